The van der Waals surface area contributed by atoms with Crippen LogP contribution in [0.1, 0.15) is 43.8 Å². The number of guanidine groups is 1. The lowest BCUT2D eigenvalue weighted by Crippen LogP contribution is -2.44. The Hall–Kier alpha value is -0.900. The highest BCUT2D eigenvalue weighted by Crippen LogP contribution is 2.29. The van der Waals surface area contributed by atoms with Crippen molar-refractivity contribution in [2.45, 2.75) is 63.7 Å². The first-order valence-corrected chi connectivity index (χ1v) is 8.95. The van der Waals surface area contributed by atoms with Gasteiger partial charge in [-0.2, -0.15) is 0 Å². The molecule has 1 saturated carbocycles. The second-order valence-corrected chi connectivity index (χ2v) is 6.92. The summed E-state index contributed by atoms with van der Waals surface area (Å²) in [6, 6.07) is 1.37. The fourth-order valence-corrected chi connectivity index (χ4v) is 3.73. The van der Waals surface area contributed by atoms with Crippen LogP contribution in [0.3, 0.4) is 0 Å². The van der Waals surface area contributed by atoms with Crippen molar-refractivity contribution in [3.63, 3.8) is 0 Å². The van der Waals surface area contributed by atoms with Gasteiger partial charge in [-0.1, -0.05) is 0 Å². The number of nitrogens with zero attached hydrogens (tertiary/aromatic N) is 5. The number of nitrogens with one attached hydrogen (secondary N) is 2. The van der Waals surface area contributed by atoms with Crippen LogP contribution >= 0.6 is 24.0 Å². The molecule has 8 heteroatoms. The lowest BCUT2D eigenvalue weighted by Gasteiger charge is -2.19. The van der Waals surface area contributed by atoms with Crippen molar-refractivity contribution in [1.29, 1.82) is 0 Å². The first-order valence-electron chi connectivity index (χ1n) is 8.95. The average Bonchev–Trinajstić information content (AvgIpc) is 3.19. The van der Waals surface area contributed by atoms with Crippen LogP contribution in [0.25, 0.3) is 0 Å². The van der Waals surface area contributed by atoms with Crippen molar-refractivity contribution in [3.8, 4) is 0 Å². The van der Waals surface area contributed by atoms with Crippen LogP contribution < -0.4 is 10.6 Å². The Labute approximate surface area is 160 Å². The number of aliphatic imine (C=N–C) groups is 1. The Morgan fingerprint density at radius 1 is 1.21 bits per heavy atom. The third-order valence-electron chi connectivity index (χ3n) is 5.20. The molecule has 3 heterocycles. The normalized spacial score (nSPS) is 24.4. The van der Waals surface area contributed by atoms with E-state index >= 15 is 0 Å². The summed E-state index contributed by atoms with van der Waals surface area (Å²) in [7, 11) is 1.84. The van der Waals surface area contributed by atoms with Gasteiger partial charge in [0.15, 0.2) is 11.8 Å². The van der Waals surface area contributed by atoms with E-state index in [1.54, 1.807) is 0 Å². The van der Waals surface area contributed by atoms with Crippen molar-refractivity contribution in [1.82, 2.24) is 30.3 Å². The Morgan fingerprint density at radius 2 is 2.08 bits per heavy atom. The monoisotopic (exact) mass is 445 g/mol. The molecule has 134 valence electrons. The van der Waals surface area contributed by atoms with Gasteiger partial charge >= 0.3 is 0 Å². The smallest absolute Gasteiger partial charge is 0.191 e. The number of likely N-dealkylation sites (tertiary alicyclic amines) is 1. The summed E-state index contributed by atoms with van der Waals surface area (Å²) in [5.74, 6) is 3.03. The molecular weight excluding hydrogens is 417 g/mol. The second-order valence-electron chi connectivity index (χ2n) is 6.92. The van der Waals surface area contributed by atoms with Crippen LogP contribution in [-0.4, -0.2) is 57.8 Å². The molecule has 0 bridgehead atoms. The van der Waals surface area contributed by atoms with E-state index in [4.69, 9.17) is 0 Å². The van der Waals surface area contributed by atoms with E-state index in [9.17, 15) is 0 Å². The number of aryl methyl sites for hydroxylation is 1. The zero-order valence-corrected chi connectivity index (χ0v) is 16.7. The van der Waals surface area contributed by atoms with Gasteiger partial charge in [-0.15, -0.1) is 34.2 Å². The molecule has 7 nitrogen and oxygen atoms in total. The molecule has 2 fully saturated rings. The maximum Gasteiger partial charge on any atom is 0.191 e. The van der Waals surface area contributed by atoms with E-state index in [-0.39, 0.29) is 24.0 Å². The molecule has 1 atom stereocenters. The summed E-state index contributed by atoms with van der Waals surface area (Å²) < 4.78 is 2.26. The predicted molar refractivity (Wildman–Crippen MR) is 105 cm³/mol. The first-order chi connectivity index (χ1) is 11.3. The van der Waals surface area contributed by atoms with Crippen molar-refractivity contribution < 1.29 is 0 Å². The highest BCUT2D eigenvalue weighted by molar-refractivity contribution is 14.0. The van der Waals surface area contributed by atoms with E-state index < -0.39 is 0 Å². The van der Waals surface area contributed by atoms with Crippen molar-refractivity contribution in [2.24, 2.45) is 4.99 Å². The third-order valence-corrected chi connectivity index (χ3v) is 5.20. The number of aromatic nitrogens is 3. The minimum absolute atomic E-state index is 0. The summed E-state index contributed by atoms with van der Waals surface area (Å²) in [6.07, 6.45) is 7.49. The molecular formula is C16H28IN7. The standard InChI is InChI=1S/C16H27N7.HI/c1-17-16(19-12-7-9-22(11-12)13-5-6-13)18-10-15-21-20-14-4-2-3-8-23(14)15;/h12-13H,2-11H2,1H3,(H2,17,18,19);1H. The van der Waals surface area contributed by atoms with Crippen LogP contribution in [-0.2, 0) is 19.5 Å². The zero-order chi connectivity index (χ0) is 15.6. The lowest BCUT2D eigenvalue weighted by molar-refractivity contribution is 0.321. The molecule has 24 heavy (non-hydrogen) atoms. The van der Waals surface area contributed by atoms with Gasteiger partial charge < -0.3 is 15.2 Å². The number of rotatable bonds is 4. The molecule has 1 aromatic rings. The van der Waals surface area contributed by atoms with Gasteiger partial charge in [0.25, 0.3) is 0 Å². The lowest BCUT2D eigenvalue weighted by atomic mass is 10.2. The van der Waals surface area contributed by atoms with Crippen molar-refractivity contribution >= 4 is 29.9 Å². The van der Waals surface area contributed by atoms with Crippen molar-refractivity contribution in [3.05, 3.63) is 11.6 Å². The third kappa shape index (κ3) is 4.01. The van der Waals surface area contributed by atoms with Crippen LogP contribution in [0, 0.1) is 0 Å². The maximum absolute atomic E-state index is 4.37. The number of hydrogen-bond acceptors (Lipinski definition) is 4. The molecule has 3 aliphatic rings. The Morgan fingerprint density at radius 3 is 2.88 bits per heavy atom. The largest absolute Gasteiger partial charge is 0.352 e. The molecule has 2 N–H and O–H groups in total. The molecule has 4 rings (SSSR count). The fraction of sp³-hybridized carbons (Fsp3) is 0.812. The molecule has 1 unspecified atom stereocenters. The predicted octanol–water partition coefficient (Wildman–Crippen LogP) is 1.13. The quantitative estimate of drug-likeness (QED) is 0.413. The molecule has 0 aromatic carbocycles. The average molecular weight is 445 g/mol. The van der Waals surface area contributed by atoms with Crippen LogP contribution in [0.15, 0.2) is 4.99 Å². The van der Waals surface area contributed by atoms with E-state index in [0.29, 0.717) is 12.6 Å². The van der Waals surface area contributed by atoms with E-state index in [2.05, 4.69) is 35.3 Å². The summed E-state index contributed by atoms with van der Waals surface area (Å²) in [4.78, 5) is 6.98. The number of hydrogen-bond donors (Lipinski definition) is 2. The van der Waals surface area contributed by atoms with Gasteiger partial charge in [0.1, 0.15) is 5.82 Å². The summed E-state index contributed by atoms with van der Waals surface area (Å²) >= 11 is 0. The minimum atomic E-state index is 0. The van der Waals surface area contributed by atoms with Crippen molar-refractivity contribution in [2.75, 3.05) is 20.1 Å². The number of halogens is 1. The van der Waals surface area contributed by atoms with E-state index in [1.165, 1.54) is 38.6 Å². The molecule has 0 radical (unpaired) electrons. The Balaban J connectivity index is 0.00000169. The SMILES string of the molecule is CN=C(NCc1nnc2n1CCCC2)NC1CCN(C2CC2)C1.I. The Kier molecular flexibility index (Phi) is 5.96. The van der Waals surface area contributed by atoms with E-state index in [0.717, 1.165) is 43.2 Å². The maximum atomic E-state index is 4.37. The Bertz CT molecular complexity index is 581. The summed E-state index contributed by atoms with van der Waals surface area (Å²) in [6.45, 7) is 4.10. The van der Waals surface area contributed by atoms with Crippen LogP contribution in [0.4, 0.5) is 0 Å². The van der Waals surface area contributed by atoms with Crippen LogP contribution in [0.5, 0.6) is 0 Å². The molecule has 0 amide bonds. The second kappa shape index (κ2) is 7.99. The highest BCUT2D eigenvalue weighted by atomic mass is 127. The topological polar surface area (TPSA) is 70.4 Å². The van der Waals surface area contributed by atoms with E-state index in [1.807, 2.05) is 7.05 Å². The molecule has 1 saturated heterocycles. The first kappa shape index (κ1) is 17.9. The molecule has 1 aromatic heterocycles. The summed E-state index contributed by atoms with van der Waals surface area (Å²) in [5.41, 5.74) is 0. The van der Waals surface area contributed by atoms with Gasteiger partial charge in [-0.25, -0.2) is 0 Å². The van der Waals surface area contributed by atoms with Gasteiger partial charge in [0.2, 0.25) is 0 Å². The number of fused-ring (bicyclic) bond motifs is 1. The molecule has 1 aliphatic carbocycles. The minimum Gasteiger partial charge on any atom is -0.352 e. The van der Waals surface area contributed by atoms with Crippen LogP contribution in [0.2, 0.25) is 0 Å². The molecule has 0 spiro atoms. The fourth-order valence-electron chi connectivity index (χ4n) is 3.73. The molecule has 2 aliphatic heterocycles. The van der Waals surface area contributed by atoms with Gasteiger partial charge in [0.05, 0.1) is 6.54 Å². The van der Waals surface area contributed by atoms with Gasteiger partial charge in [-0.3, -0.25) is 9.89 Å². The highest BCUT2D eigenvalue weighted by Gasteiger charge is 2.34. The van der Waals surface area contributed by atoms with Gasteiger partial charge in [-0.05, 0) is 32.1 Å². The summed E-state index contributed by atoms with van der Waals surface area (Å²) in [5, 5.41) is 15.6. The van der Waals surface area contributed by atoms with Gasteiger partial charge in [0, 0.05) is 45.2 Å². The zero-order valence-electron chi connectivity index (χ0n) is 14.4.